The number of rotatable bonds is 6. The summed E-state index contributed by atoms with van der Waals surface area (Å²) < 4.78 is 32.1. The summed E-state index contributed by atoms with van der Waals surface area (Å²) in [4.78, 5) is 12.5. The lowest BCUT2D eigenvalue weighted by Crippen LogP contribution is -2.33. The molecule has 0 saturated heterocycles. The van der Waals surface area contributed by atoms with Crippen LogP contribution in [0.3, 0.4) is 0 Å². The number of nitrogens with zero attached hydrogens (tertiary/aromatic N) is 2. The topological polar surface area (TPSA) is 122 Å². The molecule has 0 aliphatic carbocycles. The van der Waals surface area contributed by atoms with E-state index in [0.29, 0.717) is 10.6 Å². The van der Waals surface area contributed by atoms with E-state index < -0.39 is 10.0 Å². The predicted molar refractivity (Wildman–Crippen MR) is 114 cm³/mol. The van der Waals surface area contributed by atoms with E-state index in [1.807, 2.05) is 0 Å². The first-order chi connectivity index (χ1) is 13.9. The summed E-state index contributed by atoms with van der Waals surface area (Å²) in [7, 11) is -2.42. The summed E-state index contributed by atoms with van der Waals surface area (Å²) in [6.07, 6.45) is 0. The maximum absolute atomic E-state index is 12.5. The molecule has 0 unspecified atom stereocenters. The third kappa shape index (κ3) is 5.47. The molecule has 150 valence electrons. The second-order valence-corrected chi connectivity index (χ2v) is 8.51. The Kier molecular flexibility index (Phi) is 6.36. The molecule has 2 heterocycles. The van der Waals surface area contributed by atoms with Gasteiger partial charge in [0.05, 0.1) is 16.9 Å². The fourth-order valence-electron chi connectivity index (χ4n) is 2.13. The van der Waals surface area contributed by atoms with Crippen LogP contribution in [0.15, 0.2) is 58.8 Å². The van der Waals surface area contributed by atoms with Crippen molar-refractivity contribution in [2.45, 2.75) is 4.90 Å². The van der Waals surface area contributed by atoms with Gasteiger partial charge in [0.2, 0.25) is 5.88 Å². The molecule has 0 radical (unpaired) electrons. The molecule has 0 aliphatic heterocycles. The zero-order valence-electron chi connectivity index (χ0n) is 14.9. The van der Waals surface area contributed by atoms with Gasteiger partial charge in [0.15, 0.2) is 10.9 Å². The Hall–Kier alpha value is -3.09. The van der Waals surface area contributed by atoms with Gasteiger partial charge in [-0.2, -0.15) is 0 Å². The molecule has 3 aromatic rings. The molecule has 0 bridgehead atoms. The Morgan fingerprint density at radius 1 is 1.10 bits per heavy atom. The molecule has 0 saturated carbocycles. The van der Waals surface area contributed by atoms with E-state index in [4.69, 9.17) is 17.0 Å². The number of hydrogen-bond acceptors (Lipinski definition) is 8. The lowest BCUT2D eigenvalue weighted by atomic mass is 10.3. The Morgan fingerprint density at radius 3 is 2.45 bits per heavy atom. The molecule has 3 N–H and O–H groups in total. The van der Waals surface area contributed by atoms with E-state index in [1.165, 1.54) is 54.8 Å². The molecule has 0 fully saturated rings. The third-order valence-corrected chi connectivity index (χ3v) is 5.93. The third-order valence-electron chi connectivity index (χ3n) is 3.48. The van der Waals surface area contributed by atoms with Crippen molar-refractivity contribution in [1.82, 2.24) is 15.5 Å². The summed E-state index contributed by atoms with van der Waals surface area (Å²) in [5.41, 5.74) is 0.518. The van der Waals surface area contributed by atoms with Crippen molar-refractivity contribution in [2.24, 2.45) is 0 Å². The molecular weight excluding hydrogens is 434 g/mol. The molecule has 0 atom stereocenters. The molecule has 12 heteroatoms. The molecule has 29 heavy (non-hydrogen) atoms. The van der Waals surface area contributed by atoms with Crippen molar-refractivity contribution >= 4 is 56.1 Å². The first-order valence-corrected chi connectivity index (χ1v) is 10.8. The number of nitrogens with one attached hydrogen (secondary N) is 3. The van der Waals surface area contributed by atoms with Gasteiger partial charge in [-0.25, -0.2) is 8.42 Å². The van der Waals surface area contributed by atoms with E-state index in [2.05, 4.69) is 25.6 Å². The van der Waals surface area contributed by atoms with Crippen LogP contribution in [0.25, 0.3) is 0 Å². The Bertz CT molecular complexity index is 1100. The van der Waals surface area contributed by atoms with Crippen molar-refractivity contribution in [2.75, 3.05) is 17.1 Å². The fourth-order valence-corrected chi connectivity index (χ4v) is 3.96. The highest BCUT2D eigenvalue weighted by molar-refractivity contribution is 7.92. The number of carbonyl (C=O) groups excluding carboxylic acids is 1. The number of anilines is 2. The number of amides is 1. The summed E-state index contributed by atoms with van der Waals surface area (Å²) in [5, 5.41) is 14.7. The summed E-state index contributed by atoms with van der Waals surface area (Å²) in [5.74, 6) is 0.0116. The van der Waals surface area contributed by atoms with Crippen LogP contribution in [-0.4, -0.2) is 36.7 Å². The first-order valence-electron chi connectivity index (χ1n) is 8.04. The normalized spacial score (nSPS) is 10.8. The van der Waals surface area contributed by atoms with Gasteiger partial charge in [-0.15, -0.1) is 21.5 Å². The number of thiocarbonyl (C=S) groups is 1. The summed E-state index contributed by atoms with van der Waals surface area (Å²) in [6, 6.07) is 12.2. The van der Waals surface area contributed by atoms with Crippen molar-refractivity contribution in [3.8, 4) is 5.88 Å². The van der Waals surface area contributed by atoms with Gasteiger partial charge in [0.25, 0.3) is 15.9 Å². The Balaban J connectivity index is 1.62. The maximum atomic E-state index is 12.5. The van der Waals surface area contributed by atoms with Crippen LogP contribution in [0.2, 0.25) is 0 Å². The lowest BCUT2D eigenvalue weighted by molar-refractivity contribution is 0.0981. The van der Waals surface area contributed by atoms with Gasteiger partial charge in [-0.3, -0.25) is 14.8 Å². The highest BCUT2D eigenvalue weighted by atomic mass is 32.2. The van der Waals surface area contributed by atoms with Crippen LogP contribution in [0, 0.1) is 0 Å². The summed E-state index contributed by atoms with van der Waals surface area (Å²) >= 11 is 6.40. The van der Waals surface area contributed by atoms with Crippen LogP contribution >= 0.6 is 23.6 Å². The van der Waals surface area contributed by atoms with E-state index in [9.17, 15) is 13.2 Å². The van der Waals surface area contributed by atoms with Gasteiger partial charge >= 0.3 is 0 Å². The minimum Gasteiger partial charge on any atom is -0.480 e. The number of hydrogen-bond donors (Lipinski definition) is 3. The smallest absolute Gasteiger partial charge is 0.267 e. The van der Waals surface area contributed by atoms with Crippen LogP contribution in [0.5, 0.6) is 5.88 Å². The lowest BCUT2D eigenvalue weighted by Gasteiger charge is -2.10. The number of benzene rings is 1. The second-order valence-electron chi connectivity index (χ2n) is 5.48. The van der Waals surface area contributed by atoms with Crippen molar-refractivity contribution < 1.29 is 17.9 Å². The number of methoxy groups -OCH3 is 1. The number of carbonyl (C=O) groups is 1. The van der Waals surface area contributed by atoms with E-state index in [-0.39, 0.29) is 27.6 Å². The van der Waals surface area contributed by atoms with Crippen molar-refractivity contribution in [3.05, 3.63) is 58.8 Å². The minimum atomic E-state index is -3.85. The van der Waals surface area contributed by atoms with Crippen molar-refractivity contribution in [1.29, 1.82) is 0 Å². The molecule has 1 aromatic carbocycles. The zero-order valence-corrected chi connectivity index (χ0v) is 17.4. The van der Waals surface area contributed by atoms with E-state index in [0.717, 1.165) is 0 Å². The number of ether oxygens (including phenoxy) is 1. The molecule has 0 aliphatic rings. The molecule has 0 spiro atoms. The SMILES string of the molecule is COc1ccc(NS(=O)(=O)c2ccc(NC(=S)NC(=O)c3cccs3)cc2)nn1. The number of sulfonamides is 1. The molecule has 9 nitrogen and oxygen atoms in total. The number of thiophene rings is 1. The standard InChI is InChI=1S/C17H15N5O4S3/c1-26-15-9-8-14(20-21-15)22-29(24,25)12-6-4-11(5-7-12)18-17(27)19-16(23)13-3-2-10-28-13/h2-10H,1H3,(H,20,22)(H2,18,19,23,27). The zero-order chi connectivity index (χ0) is 20.9. The Morgan fingerprint density at radius 2 is 1.86 bits per heavy atom. The van der Waals surface area contributed by atoms with Gasteiger partial charge in [0.1, 0.15) is 0 Å². The molecule has 2 aromatic heterocycles. The van der Waals surface area contributed by atoms with E-state index in [1.54, 1.807) is 17.5 Å². The summed E-state index contributed by atoms with van der Waals surface area (Å²) in [6.45, 7) is 0. The van der Waals surface area contributed by atoms with Crippen LogP contribution in [0.4, 0.5) is 11.5 Å². The Labute approximate surface area is 176 Å². The molecular formula is C17H15N5O4S3. The average molecular weight is 450 g/mol. The first kappa shape index (κ1) is 20.6. The fraction of sp³-hybridized carbons (Fsp3) is 0.0588. The average Bonchev–Trinajstić information content (AvgIpc) is 3.24. The van der Waals surface area contributed by atoms with Gasteiger partial charge < -0.3 is 10.1 Å². The second kappa shape index (κ2) is 8.94. The largest absolute Gasteiger partial charge is 0.480 e. The highest BCUT2D eigenvalue weighted by Crippen LogP contribution is 2.18. The van der Waals surface area contributed by atoms with Gasteiger partial charge in [0, 0.05) is 11.8 Å². The van der Waals surface area contributed by atoms with Gasteiger partial charge in [-0.1, -0.05) is 6.07 Å². The van der Waals surface area contributed by atoms with Crippen LogP contribution < -0.4 is 20.1 Å². The maximum Gasteiger partial charge on any atom is 0.267 e. The highest BCUT2D eigenvalue weighted by Gasteiger charge is 2.15. The van der Waals surface area contributed by atoms with Crippen LogP contribution in [-0.2, 0) is 10.0 Å². The van der Waals surface area contributed by atoms with E-state index >= 15 is 0 Å². The minimum absolute atomic E-state index is 0.0224. The van der Waals surface area contributed by atoms with Gasteiger partial charge in [-0.05, 0) is 54.0 Å². The predicted octanol–water partition coefficient (Wildman–Crippen LogP) is 2.47. The van der Waals surface area contributed by atoms with Crippen LogP contribution in [0.1, 0.15) is 9.67 Å². The number of aromatic nitrogens is 2. The quantitative estimate of drug-likeness (QED) is 0.491. The molecule has 3 rings (SSSR count). The monoisotopic (exact) mass is 449 g/mol. The molecule has 1 amide bonds. The van der Waals surface area contributed by atoms with Crippen molar-refractivity contribution in [3.63, 3.8) is 0 Å².